The standard InChI is InChI=1S/C11H17N3O3S/c15-18(16)6-4-8(7-18)10-13-11(17-14-10)9-3-1-2-5-12-9/h8-9,12H,1-7H2/t8?,9-/m1/s1. The van der Waals surface area contributed by atoms with Crippen LogP contribution in [0.3, 0.4) is 0 Å². The molecule has 1 unspecified atom stereocenters. The van der Waals surface area contributed by atoms with Gasteiger partial charge in [0.05, 0.1) is 17.5 Å². The summed E-state index contributed by atoms with van der Waals surface area (Å²) < 4.78 is 28.1. The van der Waals surface area contributed by atoms with Crippen molar-refractivity contribution in [2.45, 2.75) is 37.6 Å². The molecule has 2 aliphatic heterocycles. The van der Waals surface area contributed by atoms with Gasteiger partial charge in [0.2, 0.25) is 5.89 Å². The summed E-state index contributed by atoms with van der Waals surface area (Å²) in [7, 11) is -2.90. The van der Waals surface area contributed by atoms with Crippen molar-refractivity contribution >= 4 is 9.84 Å². The Morgan fingerprint density at radius 3 is 2.83 bits per heavy atom. The number of nitrogens with one attached hydrogen (secondary N) is 1. The van der Waals surface area contributed by atoms with E-state index in [4.69, 9.17) is 4.52 Å². The summed E-state index contributed by atoms with van der Waals surface area (Å²) in [6.07, 6.45) is 3.95. The van der Waals surface area contributed by atoms with Crippen molar-refractivity contribution in [1.29, 1.82) is 0 Å². The fourth-order valence-electron chi connectivity index (χ4n) is 2.62. The van der Waals surface area contributed by atoms with Gasteiger partial charge in [-0.15, -0.1) is 0 Å². The molecule has 2 saturated heterocycles. The third kappa shape index (κ3) is 2.42. The summed E-state index contributed by atoms with van der Waals surface area (Å²) in [4.78, 5) is 4.38. The van der Waals surface area contributed by atoms with Crippen molar-refractivity contribution in [2.75, 3.05) is 18.1 Å². The summed E-state index contributed by atoms with van der Waals surface area (Å²) in [5.41, 5.74) is 0. The van der Waals surface area contributed by atoms with Gasteiger partial charge in [-0.1, -0.05) is 11.6 Å². The smallest absolute Gasteiger partial charge is 0.243 e. The first-order chi connectivity index (χ1) is 8.64. The zero-order valence-corrected chi connectivity index (χ0v) is 10.9. The second kappa shape index (κ2) is 4.62. The Labute approximate surface area is 106 Å². The molecule has 1 aromatic heterocycles. The van der Waals surface area contributed by atoms with Gasteiger partial charge in [0.1, 0.15) is 0 Å². The molecule has 0 radical (unpaired) electrons. The lowest BCUT2D eigenvalue weighted by atomic mass is 10.1. The molecule has 2 fully saturated rings. The summed E-state index contributed by atoms with van der Waals surface area (Å²) in [5.74, 6) is 1.47. The third-order valence-electron chi connectivity index (χ3n) is 3.66. The first-order valence-corrected chi connectivity index (χ1v) is 8.23. The van der Waals surface area contributed by atoms with Gasteiger partial charge in [0, 0.05) is 5.92 Å². The van der Waals surface area contributed by atoms with E-state index in [1.54, 1.807) is 0 Å². The average Bonchev–Trinajstić information content (AvgIpc) is 2.96. The zero-order chi connectivity index (χ0) is 12.6. The van der Waals surface area contributed by atoms with E-state index < -0.39 is 9.84 Å². The van der Waals surface area contributed by atoms with Crippen molar-refractivity contribution in [1.82, 2.24) is 15.5 Å². The van der Waals surface area contributed by atoms with Gasteiger partial charge >= 0.3 is 0 Å². The predicted octanol–water partition coefficient (Wildman–Crippen LogP) is 0.786. The Morgan fingerprint density at radius 1 is 1.28 bits per heavy atom. The van der Waals surface area contributed by atoms with Crippen molar-refractivity contribution in [3.63, 3.8) is 0 Å². The summed E-state index contributed by atoms with van der Waals surface area (Å²) in [6, 6.07) is 0.137. The van der Waals surface area contributed by atoms with Crippen LogP contribution >= 0.6 is 0 Å². The number of hydrogen-bond donors (Lipinski definition) is 1. The number of piperidine rings is 1. The Morgan fingerprint density at radius 2 is 2.17 bits per heavy atom. The lowest BCUT2D eigenvalue weighted by molar-refractivity contribution is 0.295. The summed E-state index contributed by atoms with van der Waals surface area (Å²) in [6.45, 7) is 0.972. The molecule has 0 spiro atoms. The number of nitrogens with zero attached hydrogens (tertiary/aromatic N) is 2. The summed E-state index contributed by atoms with van der Waals surface area (Å²) in [5, 5.41) is 7.29. The van der Waals surface area contributed by atoms with Gasteiger partial charge in [-0.05, 0) is 25.8 Å². The quantitative estimate of drug-likeness (QED) is 0.856. The summed E-state index contributed by atoms with van der Waals surface area (Å²) >= 11 is 0. The highest BCUT2D eigenvalue weighted by molar-refractivity contribution is 7.91. The molecule has 100 valence electrons. The molecule has 6 nitrogen and oxygen atoms in total. The van der Waals surface area contributed by atoms with Gasteiger partial charge in [-0.25, -0.2) is 8.42 Å². The van der Waals surface area contributed by atoms with Gasteiger partial charge in [0.15, 0.2) is 15.7 Å². The molecule has 0 bridgehead atoms. The molecule has 3 heterocycles. The molecule has 0 saturated carbocycles. The van der Waals surface area contributed by atoms with Crippen LogP contribution in [0.5, 0.6) is 0 Å². The van der Waals surface area contributed by atoms with Gasteiger partial charge in [0.25, 0.3) is 0 Å². The Bertz CT molecular complexity index is 519. The number of hydrogen-bond acceptors (Lipinski definition) is 6. The monoisotopic (exact) mass is 271 g/mol. The van der Waals surface area contributed by atoms with Gasteiger partial charge < -0.3 is 9.84 Å². The van der Waals surface area contributed by atoms with E-state index in [0.29, 0.717) is 18.1 Å². The molecule has 18 heavy (non-hydrogen) atoms. The normalized spacial score (nSPS) is 31.6. The Balaban J connectivity index is 1.73. The van der Waals surface area contributed by atoms with E-state index in [9.17, 15) is 8.42 Å². The maximum absolute atomic E-state index is 11.4. The average molecular weight is 271 g/mol. The van der Waals surface area contributed by atoms with Gasteiger partial charge in [-0.2, -0.15) is 4.98 Å². The largest absolute Gasteiger partial charge is 0.338 e. The van der Waals surface area contributed by atoms with Crippen LogP contribution in [-0.2, 0) is 9.84 Å². The van der Waals surface area contributed by atoms with Crippen LogP contribution in [0.25, 0.3) is 0 Å². The Kier molecular flexibility index (Phi) is 3.11. The second-order valence-electron chi connectivity index (χ2n) is 5.09. The SMILES string of the molecule is O=S1(=O)CCC(c2noc([C@H]3CCCCN3)n2)C1. The van der Waals surface area contributed by atoms with Gasteiger partial charge in [-0.3, -0.25) is 0 Å². The molecule has 0 amide bonds. The fraction of sp³-hybridized carbons (Fsp3) is 0.818. The lowest BCUT2D eigenvalue weighted by Gasteiger charge is -2.19. The zero-order valence-electron chi connectivity index (χ0n) is 10.1. The van der Waals surface area contributed by atoms with E-state index in [0.717, 1.165) is 19.4 Å². The first kappa shape index (κ1) is 12.1. The fourth-order valence-corrected chi connectivity index (χ4v) is 4.35. The molecular formula is C11H17N3O3S. The maximum Gasteiger partial charge on any atom is 0.243 e. The highest BCUT2D eigenvalue weighted by Gasteiger charge is 2.33. The van der Waals surface area contributed by atoms with E-state index >= 15 is 0 Å². The number of aromatic nitrogens is 2. The molecule has 3 rings (SSSR count). The van der Waals surface area contributed by atoms with Crippen molar-refractivity contribution in [2.24, 2.45) is 0 Å². The van der Waals surface area contributed by atoms with Crippen LogP contribution in [0, 0.1) is 0 Å². The van der Waals surface area contributed by atoms with Crippen LogP contribution in [0.1, 0.15) is 49.4 Å². The molecule has 7 heteroatoms. The van der Waals surface area contributed by atoms with Crippen molar-refractivity contribution in [3.8, 4) is 0 Å². The highest BCUT2D eigenvalue weighted by atomic mass is 32.2. The minimum atomic E-state index is -2.90. The lowest BCUT2D eigenvalue weighted by Crippen LogP contribution is -2.27. The van der Waals surface area contributed by atoms with Crippen LogP contribution in [0.4, 0.5) is 0 Å². The van der Waals surface area contributed by atoms with Crippen LogP contribution in [0.15, 0.2) is 4.52 Å². The maximum atomic E-state index is 11.4. The van der Waals surface area contributed by atoms with Crippen LogP contribution < -0.4 is 5.32 Å². The minimum Gasteiger partial charge on any atom is -0.338 e. The number of sulfone groups is 1. The van der Waals surface area contributed by atoms with E-state index in [2.05, 4.69) is 15.5 Å². The third-order valence-corrected chi connectivity index (χ3v) is 5.43. The molecule has 1 aromatic rings. The molecule has 0 aromatic carbocycles. The van der Waals surface area contributed by atoms with Crippen molar-refractivity contribution < 1.29 is 12.9 Å². The number of rotatable bonds is 2. The Hall–Kier alpha value is -0.950. The minimum absolute atomic E-state index is 0.0870. The highest BCUT2D eigenvalue weighted by Crippen LogP contribution is 2.28. The van der Waals surface area contributed by atoms with E-state index in [1.807, 2.05) is 0 Å². The molecule has 0 aliphatic carbocycles. The van der Waals surface area contributed by atoms with E-state index in [1.165, 1.54) is 6.42 Å². The second-order valence-corrected chi connectivity index (χ2v) is 7.32. The molecule has 2 atom stereocenters. The van der Waals surface area contributed by atoms with Crippen LogP contribution in [0.2, 0.25) is 0 Å². The first-order valence-electron chi connectivity index (χ1n) is 6.41. The predicted molar refractivity (Wildman–Crippen MR) is 64.9 cm³/mol. The molecule has 2 aliphatic rings. The van der Waals surface area contributed by atoms with E-state index in [-0.39, 0.29) is 23.5 Å². The van der Waals surface area contributed by atoms with Crippen molar-refractivity contribution in [3.05, 3.63) is 11.7 Å². The molecule has 1 N–H and O–H groups in total. The molecular weight excluding hydrogens is 254 g/mol. The van der Waals surface area contributed by atoms with Crippen LogP contribution in [-0.4, -0.2) is 36.6 Å². The topological polar surface area (TPSA) is 85.1 Å².